The molecule has 0 radical (unpaired) electrons. The predicted molar refractivity (Wildman–Crippen MR) is 59.9 cm³/mol. The van der Waals surface area contributed by atoms with Crippen molar-refractivity contribution in [2.75, 3.05) is 0 Å². The van der Waals surface area contributed by atoms with Crippen LogP contribution in [0.4, 0.5) is 0 Å². The topological polar surface area (TPSA) is 45.8 Å². The second-order valence-electron chi connectivity index (χ2n) is 3.11. The molecule has 1 N–H and O–H groups in total. The van der Waals surface area contributed by atoms with Gasteiger partial charge in [0.15, 0.2) is 0 Å². The largest absolute Gasteiger partial charge is 0.328 e. The molecule has 15 heavy (non-hydrogen) atoms. The molecular weight excluding hydrogens is 212 g/mol. The normalized spacial score (nSPS) is 10.2. The first kappa shape index (κ1) is 9.93. The van der Waals surface area contributed by atoms with Gasteiger partial charge in [-0.05, 0) is 29.3 Å². The highest BCUT2D eigenvalue weighted by atomic mass is 35.5. The molecule has 0 bridgehead atoms. The van der Waals surface area contributed by atoms with E-state index in [1.807, 2.05) is 12.1 Å². The summed E-state index contributed by atoms with van der Waals surface area (Å²) in [5.74, 6) is 0.217. The molecule has 2 aromatic heterocycles. The van der Waals surface area contributed by atoms with Crippen LogP contribution in [0.25, 0.3) is 11.1 Å². The van der Waals surface area contributed by atoms with Gasteiger partial charge in [-0.15, -0.1) is 11.6 Å². The second-order valence-corrected chi connectivity index (χ2v) is 3.38. The van der Waals surface area contributed by atoms with Gasteiger partial charge in [0.1, 0.15) is 0 Å². The van der Waals surface area contributed by atoms with E-state index in [1.165, 1.54) is 0 Å². The Labute approximate surface area is 91.8 Å². The van der Waals surface area contributed by atoms with Crippen LogP contribution in [0.1, 0.15) is 5.56 Å². The number of rotatable bonds is 2. The summed E-state index contributed by atoms with van der Waals surface area (Å²) in [5.41, 5.74) is 2.38. The molecule has 0 spiro atoms. The minimum Gasteiger partial charge on any atom is -0.328 e. The first-order valence-corrected chi connectivity index (χ1v) is 5.02. The Bertz CT molecular complexity index is 507. The van der Waals surface area contributed by atoms with Gasteiger partial charge in [-0.25, -0.2) is 0 Å². The summed E-state index contributed by atoms with van der Waals surface area (Å²) in [4.78, 5) is 17.9. The second kappa shape index (κ2) is 4.28. The first-order chi connectivity index (χ1) is 7.31. The van der Waals surface area contributed by atoms with Gasteiger partial charge in [0.25, 0.3) is 5.56 Å². The molecule has 0 atom stereocenters. The summed E-state index contributed by atoms with van der Waals surface area (Å²) in [7, 11) is 0. The Morgan fingerprint density at radius 3 is 2.67 bits per heavy atom. The van der Waals surface area contributed by atoms with Gasteiger partial charge >= 0.3 is 0 Å². The molecule has 4 heteroatoms. The number of H-pyrrole nitrogens is 1. The Balaban J connectivity index is 2.51. The Hall–Kier alpha value is -1.61. The SMILES string of the molecule is O=c1[nH]cc(-c2ccncc2)cc1CCl. The number of halogens is 1. The van der Waals surface area contributed by atoms with Crippen LogP contribution in [-0.4, -0.2) is 9.97 Å². The van der Waals surface area contributed by atoms with Crippen LogP contribution < -0.4 is 5.56 Å². The molecule has 2 heterocycles. The van der Waals surface area contributed by atoms with Crippen molar-refractivity contribution in [3.63, 3.8) is 0 Å². The van der Waals surface area contributed by atoms with E-state index in [0.29, 0.717) is 5.56 Å². The fourth-order valence-electron chi connectivity index (χ4n) is 1.34. The lowest BCUT2D eigenvalue weighted by atomic mass is 10.1. The third kappa shape index (κ3) is 2.07. The average molecular weight is 221 g/mol. The fraction of sp³-hybridized carbons (Fsp3) is 0.0909. The minimum atomic E-state index is -0.136. The van der Waals surface area contributed by atoms with Gasteiger partial charge in [-0.3, -0.25) is 9.78 Å². The van der Waals surface area contributed by atoms with E-state index in [2.05, 4.69) is 9.97 Å². The third-order valence-electron chi connectivity index (χ3n) is 2.14. The van der Waals surface area contributed by atoms with Crippen molar-refractivity contribution in [3.05, 3.63) is 52.7 Å². The highest BCUT2D eigenvalue weighted by Crippen LogP contribution is 2.17. The molecule has 76 valence electrons. The maximum absolute atomic E-state index is 11.3. The Morgan fingerprint density at radius 2 is 2.00 bits per heavy atom. The van der Waals surface area contributed by atoms with Crippen molar-refractivity contribution in [2.45, 2.75) is 5.88 Å². The molecule has 3 nitrogen and oxygen atoms in total. The summed E-state index contributed by atoms with van der Waals surface area (Å²) in [6.45, 7) is 0. The standard InChI is InChI=1S/C11H9ClN2O/c12-6-9-5-10(7-14-11(9)15)8-1-3-13-4-2-8/h1-5,7H,6H2,(H,14,15). The highest BCUT2D eigenvalue weighted by molar-refractivity contribution is 6.17. The van der Waals surface area contributed by atoms with Gasteiger partial charge in [-0.2, -0.15) is 0 Å². The summed E-state index contributed by atoms with van der Waals surface area (Å²) in [6, 6.07) is 5.55. The molecule has 0 aromatic carbocycles. The number of pyridine rings is 2. The molecule has 0 saturated carbocycles. The lowest BCUT2D eigenvalue weighted by Gasteiger charge is -2.01. The quantitative estimate of drug-likeness (QED) is 0.789. The predicted octanol–water partition coefficient (Wildman–Crippen LogP) is 2.18. The molecule has 0 amide bonds. The average Bonchev–Trinajstić information content (AvgIpc) is 2.31. The summed E-state index contributed by atoms with van der Waals surface area (Å²) in [5, 5.41) is 0. The van der Waals surface area contributed by atoms with Crippen LogP contribution in [0.3, 0.4) is 0 Å². The smallest absolute Gasteiger partial charge is 0.252 e. The number of hydrogen-bond donors (Lipinski definition) is 1. The maximum Gasteiger partial charge on any atom is 0.252 e. The van der Waals surface area contributed by atoms with Crippen LogP contribution >= 0.6 is 11.6 Å². The van der Waals surface area contributed by atoms with E-state index in [9.17, 15) is 4.79 Å². The van der Waals surface area contributed by atoms with E-state index < -0.39 is 0 Å². The number of nitrogens with zero attached hydrogens (tertiary/aromatic N) is 1. The van der Waals surface area contributed by atoms with Crippen molar-refractivity contribution in [3.8, 4) is 11.1 Å². The Kier molecular flexibility index (Phi) is 2.83. The lowest BCUT2D eigenvalue weighted by Crippen LogP contribution is -2.10. The van der Waals surface area contributed by atoms with Crippen LogP contribution in [-0.2, 0) is 5.88 Å². The molecule has 0 aliphatic heterocycles. The number of aromatic amines is 1. The summed E-state index contributed by atoms with van der Waals surface area (Å²) in [6.07, 6.45) is 5.09. The van der Waals surface area contributed by atoms with Crippen LogP contribution in [0.2, 0.25) is 0 Å². The number of alkyl halides is 1. The van der Waals surface area contributed by atoms with Gasteiger partial charge < -0.3 is 4.98 Å². The Morgan fingerprint density at radius 1 is 1.27 bits per heavy atom. The van der Waals surface area contributed by atoms with Gasteiger partial charge in [-0.1, -0.05) is 0 Å². The monoisotopic (exact) mass is 220 g/mol. The van der Waals surface area contributed by atoms with Crippen LogP contribution in [0.5, 0.6) is 0 Å². The number of hydrogen-bond acceptors (Lipinski definition) is 2. The van der Waals surface area contributed by atoms with E-state index in [4.69, 9.17) is 11.6 Å². The van der Waals surface area contributed by atoms with Crippen LogP contribution in [0, 0.1) is 0 Å². The fourth-order valence-corrected chi connectivity index (χ4v) is 1.54. The van der Waals surface area contributed by atoms with Crippen molar-refractivity contribution < 1.29 is 0 Å². The first-order valence-electron chi connectivity index (χ1n) is 4.49. The summed E-state index contributed by atoms with van der Waals surface area (Å²) < 4.78 is 0. The maximum atomic E-state index is 11.3. The molecular formula is C11H9ClN2O. The van der Waals surface area contributed by atoms with E-state index >= 15 is 0 Å². The number of aromatic nitrogens is 2. The molecule has 0 fully saturated rings. The van der Waals surface area contributed by atoms with Crippen LogP contribution in [0.15, 0.2) is 41.6 Å². The molecule has 0 saturated heterocycles. The van der Waals surface area contributed by atoms with E-state index in [1.54, 1.807) is 24.7 Å². The summed E-state index contributed by atoms with van der Waals surface area (Å²) >= 11 is 5.66. The molecule has 0 aliphatic carbocycles. The third-order valence-corrected chi connectivity index (χ3v) is 2.43. The van der Waals surface area contributed by atoms with Crippen molar-refractivity contribution in [1.82, 2.24) is 9.97 Å². The molecule has 0 aliphatic rings. The zero-order valence-corrected chi connectivity index (χ0v) is 8.66. The van der Waals surface area contributed by atoms with E-state index in [-0.39, 0.29) is 11.4 Å². The zero-order valence-electron chi connectivity index (χ0n) is 7.90. The molecule has 0 unspecified atom stereocenters. The lowest BCUT2D eigenvalue weighted by molar-refractivity contribution is 1.16. The number of nitrogens with one attached hydrogen (secondary N) is 1. The zero-order chi connectivity index (χ0) is 10.7. The van der Waals surface area contributed by atoms with Gasteiger partial charge in [0.2, 0.25) is 0 Å². The highest BCUT2D eigenvalue weighted by Gasteiger charge is 2.01. The van der Waals surface area contributed by atoms with E-state index in [0.717, 1.165) is 11.1 Å². The minimum absolute atomic E-state index is 0.136. The van der Waals surface area contributed by atoms with Gasteiger partial charge in [0, 0.05) is 24.2 Å². The van der Waals surface area contributed by atoms with Gasteiger partial charge in [0.05, 0.1) is 5.88 Å². The van der Waals surface area contributed by atoms with Crippen molar-refractivity contribution in [1.29, 1.82) is 0 Å². The molecule has 2 aromatic rings. The van der Waals surface area contributed by atoms with Crippen molar-refractivity contribution in [2.24, 2.45) is 0 Å². The molecule has 2 rings (SSSR count). The van der Waals surface area contributed by atoms with Crippen molar-refractivity contribution >= 4 is 11.6 Å².